The summed E-state index contributed by atoms with van der Waals surface area (Å²) in [4.78, 5) is 12.1. The van der Waals surface area contributed by atoms with Crippen molar-refractivity contribution in [3.63, 3.8) is 0 Å². The molecule has 1 aliphatic carbocycles. The molecule has 2 heterocycles. The molecule has 100 valence electrons. The Hall–Kier alpha value is -2.29. The number of benzene rings is 1. The molecule has 0 spiro atoms. The van der Waals surface area contributed by atoms with Crippen LogP contribution in [0.1, 0.15) is 18.4 Å². The van der Waals surface area contributed by atoms with E-state index in [-0.39, 0.29) is 11.9 Å². The Morgan fingerprint density at radius 1 is 1.25 bits per heavy atom. The topological polar surface area (TPSA) is 41.1 Å². The summed E-state index contributed by atoms with van der Waals surface area (Å²) in [6.45, 7) is 0. The smallest absolute Gasteiger partial charge is 0.256 e. The largest absolute Gasteiger partial charge is 0.382 e. The van der Waals surface area contributed by atoms with E-state index in [2.05, 4.69) is 34.9 Å². The Kier molecular flexibility index (Phi) is 2.52. The summed E-state index contributed by atoms with van der Waals surface area (Å²) in [5, 5.41) is 6.45. The summed E-state index contributed by atoms with van der Waals surface area (Å²) >= 11 is 0. The predicted octanol–water partition coefficient (Wildman–Crippen LogP) is 2.84. The van der Waals surface area contributed by atoms with Crippen LogP contribution in [0.25, 0.3) is 5.57 Å². The maximum absolute atomic E-state index is 12.1. The molecule has 1 saturated heterocycles. The van der Waals surface area contributed by atoms with Crippen LogP contribution in [-0.2, 0) is 4.79 Å². The van der Waals surface area contributed by atoms with E-state index >= 15 is 0 Å². The highest BCUT2D eigenvalue weighted by molar-refractivity contribution is 6.31. The zero-order valence-electron chi connectivity index (χ0n) is 11.1. The van der Waals surface area contributed by atoms with Gasteiger partial charge in [-0.05, 0) is 31.1 Å². The van der Waals surface area contributed by atoms with Gasteiger partial charge in [-0.15, -0.1) is 0 Å². The summed E-state index contributed by atoms with van der Waals surface area (Å²) in [7, 11) is 0. The Labute approximate surface area is 118 Å². The number of amides is 1. The number of nitrogens with one attached hydrogen (secondary N) is 2. The number of hydrogen-bond donors (Lipinski definition) is 2. The molecule has 0 bridgehead atoms. The molecule has 2 unspecified atom stereocenters. The van der Waals surface area contributed by atoms with Crippen LogP contribution in [0.5, 0.6) is 0 Å². The van der Waals surface area contributed by atoms with E-state index in [1.807, 2.05) is 24.3 Å². The molecule has 2 atom stereocenters. The zero-order chi connectivity index (χ0) is 13.5. The quantitative estimate of drug-likeness (QED) is 0.766. The number of carbonyl (C=O) groups is 1. The van der Waals surface area contributed by atoms with Crippen LogP contribution >= 0.6 is 0 Å². The van der Waals surface area contributed by atoms with Gasteiger partial charge in [-0.1, -0.05) is 30.4 Å². The van der Waals surface area contributed by atoms with Crippen LogP contribution in [-0.4, -0.2) is 11.9 Å². The van der Waals surface area contributed by atoms with Gasteiger partial charge in [0.15, 0.2) is 0 Å². The van der Waals surface area contributed by atoms with Gasteiger partial charge in [0.2, 0.25) is 0 Å². The van der Waals surface area contributed by atoms with Gasteiger partial charge in [0.1, 0.15) is 0 Å². The lowest BCUT2D eigenvalue weighted by molar-refractivity contribution is -0.110. The zero-order valence-corrected chi connectivity index (χ0v) is 11.1. The number of rotatable bonds is 1. The van der Waals surface area contributed by atoms with Crippen molar-refractivity contribution in [3.05, 3.63) is 59.8 Å². The van der Waals surface area contributed by atoms with E-state index in [0.29, 0.717) is 5.92 Å². The maximum atomic E-state index is 12.1. The fraction of sp³-hybridized carbons (Fsp3) is 0.235. The standard InChI is InChI=1S/C17H16N2O/c20-17-14(13-6-2-4-8-16(13)19-17)10-12-9-11-5-1-3-7-15(11)18-12/h1-4,6-8,10-12,18H,5,9H2,(H,19,20). The van der Waals surface area contributed by atoms with Crippen molar-refractivity contribution in [1.29, 1.82) is 0 Å². The molecule has 0 aromatic heterocycles. The second-order valence-electron chi connectivity index (χ2n) is 5.55. The average molecular weight is 264 g/mol. The highest BCUT2D eigenvalue weighted by Crippen LogP contribution is 2.35. The van der Waals surface area contributed by atoms with Crippen molar-refractivity contribution in [2.24, 2.45) is 5.92 Å². The minimum absolute atomic E-state index is 0.00924. The minimum atomic E-state index is 0.00924. The third-order valence-electron chi connectivity index (χ3n) is 4.24. The van der Waals surface area contributed by atoms with Crippen LogP contribution in [0.4, 0.5) is 5.69 Å². The fourth-order valence-electron chi connectivity index (χ4n) is 3.26. The van der Waals surface area contributed by atoms with Gasteiger partial charge in [0.25, 0.3) is 5.91 Å². The lowest BCUT2D eigenvalue weighted by atomic mass is 9.94. The predicted molar refractivity (Wildman–Crippen MR) is 79.9 cm³/mol. The molecule has 20 heavy (non-hydrogen) atoms. The van der Waals surface area contributed by atoms with Crippen LogP contribution in [0, 0.1) is 5.92 Å². The second-order valence-corrected chi connectivity index (χ2v) is 5.55. The highest BCUT2D eigenvalue weighted by atomic mass is 16.2. The molecule has 3 heteroatoms. The molecule has 2 N–H and O–H groups in total. The molecule has 2 aliphatic heterocycles. The van der Waals surface area contributed by atoms with Crippen molar-refractivity contribution >= 4 is 17.2 Å². The Balaban J connectivity index is 1.64. The van der Waals surface area contributed by atoms with Crippen molar-refractivity contribution in [2.45, 2.75) is 18.9 Å². The lowest BCUT2D eigenvalue weighted by Gasteiger charge is -2.10. The van der Waals surface area contributed by atoms with E-state index in [4.69, 9.17) is 0 Å². The van der Waals surface area contributed by atoms with Crippen LogP contribution in [0.2, 0.25) is 0 Å². The molecule has 4 rings (SSSR count). The number of carbonyl (C=O) groups excluding carboxylic acids is 1. The Morgan fingerprint density at radius 3 is 3.05 bits per heavy atom. The fourth-order valence-corrected chi connectivity index (χ4v) is 3.26. The van der Waals surface area contributed by atoms with Gasteiger partial charge >= 0.3 is 0 Å². The van der Waals surface area contributed by atoms with E-state index in [1.54, 1.807) is 0 Å². The molecule has 3 aliphatic rings. The Bertz CT molecular complexity index is 669. The Morgan fingerprint density at radius 2 is 2.15 bits per heavy atom. The van der Waals surface area contributed by atoms with Crippen LogP contribution < -0.4 is 10.6 Å². The summed E-state index contributed by atoms with van der Waals surface area (Å²) in [5.74, 6) is 0.594. The molecule has 0 saturated carbocycles. The summed E-state index contributed by atoms with van der Waals surface area (Å²) < 4.78 is 0. The summed E-state index contributed by atoms with van der Waals surface area (Å²) in [6.07, 6.45) is 10.7. The van der Waals surface area contributed by atoms with Crippen molar-refractivity contribution in [1.82, 2.24) is 5.32 Å². The van der Waals surface area contributed by atoms with E-state index in [0.717, 1.165) is 29.7 Å². The van der Waals surface area contributed by atoms with E-state index in [1.165, 1.54) is 5.70 Å². The minimum Gasteiger partial charge on any atom is -0.382 e. The highest BCUT2D eigenvalue weighted by Gasteiger charge is 2.30. The summed E-state index contributed by atoms with van der Waals surface area (Å²) in [6, 6.07) is 8.12. The first-order valence-electron chi connectivity index (χ1n) is 7.07. The lowest BCUT2D eigenvalue weighted by Crippen LogP contribution is -2.19. The first kappa shape index (κ1) is 11.5. The van der Waals surface area contributed by atoms with Gasteiger partial charge in [0, 0.05) is 34.5 Å². The van der Waals surface area contributed by atoms with E-state index in [9.17, 15) is 4.79 Å². The molecular weight excluding hydrogens is 248 g/mol. The number of anilines is 1. The third kappa shape index (κ3) is 1.78. The van der Waals surface area contributed by atoms with Crippen LogP contribution in [0.15, 0.2) is 54.3 Å². The number of hydrogen-bond acceptors (Lipinski definition) is 2. The molecule has 1 aromatic rings. The van der Waals surface area contributed by atoms with Crippen LogP contribution in [0.3, 0.4) is 0 Å². The SMILES string of the molecule is O=C1Nc2ccccc2C1=CC1CC2CC=CC=C2N1. The third-order valence-corrected chi connectivity index (χ3v) is 4.24. The normalized spacial score (nSPS) is 28.7. The number of para-hydroxylation sites is 1. The summed E-state index contributed by atoms with van der Waals surface area (Å²) in [5.41, 5.74) is 4.03. The molecule has 0 radical (unpaired) electrons. The number of fused-ring (bicyclic) bond motifs is 2. The molecule has 1 aromatic carbocycles. The van der Waals surface area contributed by atoms with E-state index < -0.39 is 0 Å². The average Bonchev–Trinajstić information content (AvgIpc) is 3.00. The second kappa shape index (κ2) is 4.37. The first-order chi connectivity index (χ1) is 9.81. The maximum Gasteiger partial charge on any atom is 0.256 e. The van der Waals surface area contributed by atoms with Gasteiger partial charge < -0.3 is 10.6 Å². The van der Waals surface area contributed by atoms with Gasteiger partial charge in [-0.2, -0.15) is 0 Å². The monoisotopic (exact) mass is 264 g/mol. The molecule has 1 fully saturated rings. The first-order valence-corrected chi connectivity index (χ1v) is 7.07. The number of allylic oxidation sites excluding steroid dienone is 4. The van der Waals surface area contributed by atoms with Crippen molar-refractivity contribution < 1.29 is 4.79 Å². The molecule has 3 nitrogen and oxygen atoms in total. The molecular formula is C17H16N2O. The van der Waals surface area contributed by atoms with Gasteiger partial charge in [0.05, 0.1) is 0 Å². The van der Waals surface area contributed by atoms with Crippen molar-refractivity contribution in [2.75, 3.05) is 5.32 Å². The van der Waals surface area contributed by atoms with Gasteiger partial charge in [-0.25, -0.2) is 0 Å². The van der Waals surface area contributed by atoms with Crippen molar-refractivity contribution in [3.8, 4) is 0 Å². The van der Waals surface area contributed by atoms with Gasteiger partial charge in [-0.3, -0.25) is 4.79 Å². The molecule has 1 amide bonds.